The minimum atomic E-state index is -0.00324. The molecule has 3 rings (SSSR count). The monoisotopic (exact) mass is 257 g/mol. The molecule has 0 bridgehead atoms. The summed E-state index contributed by atoms with van der Waals surface area (Å²) >= 11 is 0. The molecule has 1 aromatic heterocycles. The lowest BCUT2D eigenvalue weighted by Gasteiger charge is -2.30. The van der Waals surface area contributed by atoms with Crippen molar-refractivity contribution in [2.45, 2.75) is 18.9 Å². The Labute approximate surface area is 112 Å². The fraction of sp³-hybridized carbons (Fsp3) is 0.400. The van der Waals surface area contributed by atoms with Crippen LogP contribution < -0.4 is 5.32 Å². The number of hydrogen-bond donors (Lipinski definition) is 2. The predicted molar refractivity (Wildman–Crippen MR) is 76.3 cm³/mol. The van der Waals surface area contributed by atoms with E-state index >= 15 is 0 Å². The number of hydrogen-bond acceptors (Lipinski definition) is 2. The van der Waals surface area contributed by atoms with Gasteiger partial charge in [-0.15, -0.1) is 0 Å². The maximum Gasteiger partial charge on any atom is 0.267 e. The van der Waals surface area contributed by atoms with Crippen LogP contribution in [0.25, 0.3) is 10.9 Å². The Hall–Kier alpha value is -1.81. The van der Waals surface area contributed by atoms with Gasteiger partial charge in [0.1, 0.15) is 5.69 Å². The van der Waals surface area contributed by atoms with E-state index in [9.17, 15) is 4.79 Å². The molecule has 0 saturated carbocycles. The summed E-state index contributed by atoms with van der Waals surface area (Å²) in [4.78, 5) is 17.7. The zero-order valence-corrected chi connectivity index (χ0v) is 11.1. The molecule has 1 aliphatic rings. The van der Waals surface area contributed by atoms with Gasteiger partial charge in [-0.05, 0) is 38.6 Å². The zero-order valence-electron chi connectivity index (χ0n) is 11.1. The third kappa shape index (κ3) is 2.63. The first-order chi connectivity index (χ1) is 9.22. The molecule has 1 atom stereocenters. The molecular formula is C15H19N3O. The van der Waals surface area contributed by atoms with Crippen LogP contribution >= 0.6 is 0 Å². The summed E-state index contributed by atoms with van der Waals surface area (Å²) in [5.74, 6) is -0.00324. The normalized spacial score (nSPS) is 20.6. The van der Waals surface area contributed by atoms with E-state index in [1.807, 2.05) is 30.3 Å². The number of fused-ring (bicyclic) bond motifs is 1. The van der Waals surface area contributed by atoms with Gasteiger partial charge in [0.2, 0.25) is 0 Å². The highest BCUT2D eigenvalue weighted by molar-refractivity contribution is 5.98. The van der Waals surface area contributed by atoms with Gasteiger partial charge in [0.15, 0.2) is 0 Å². The molecule has 1 saturated heterocycles. The van der Waals surface area contributed by atoms with Crippen LogP contribution in [0.5, 0.6) is 0 Å². The Morgan fingerprint density at radius 2 is 2.26 bits per heavy atom. The third-order valence-electron chi connectivity index (χ3n) is 3.73. The largest absolute Gasteiger partial charge is 0.351 e. The highest BCUT2D eigenvalue weighted by Crippen LogP contribution is 2.15. The van der Waals surface area contributed by atoms with E-state index in [0.717, 1.165) is 36.8 Å². The number of piperidine rings is 1. The number of rotatable bonds is 2. The van der Waals surface area contributed by atoms with Crippen molar-refractivity contribution >= 4 is 16.8 Å². The lowest BCUT2D eigenvalue weighted by Crippen LogP contribution is -2.46. The van der Waals surface area contributed by atoms with Crippen LogP contribution in [0.3, 0.4) is 0 Å². The predicted octanol–water partition coefficient (Wildman–Crippen LogP) is 1.99. The molecule has 0 radical (unpaired) electrons. The fourth-order valence-corrected chi connectivity index (χ4v) is 2.74. The van der Waals surface area contributed by atoms with Crippen LogP contribution in [0.4, 0.5) is 0 Å². The first-order valence-electron chi connectivity index (χ1n) is 6.79. The van der Waals surface area contributed by atoms with E-state index < -0.39 is 0 Å². The molecular weight excluding hydrogens is 238 g/mol. The summed E-state index contributed by atoms with van der Waals surface area (Å²) in [6.07, 6.45) is 2.21. The second-order valence-corrected chi connectivity index (χ2v) is 5.35. The number of likely N-dealkylation sites (N-methyl/N-ethyl adjacent to an activating group) is 1. The molecule has 2 aromatic rings. The number of amides is 1. The lowest BCUT2D eigenvalue weighted by molar-refractivity contribution is 0.0908. The number of aromatic nitrogens is 1. The quantitative estimate of drug-likeness (QED) is 0.864. The molecule has 19 heavy (non-hydrogen) atoms. The Morgan fingerprint density at radius 1 is 1.42 bits per heavy atom. The Morgan fingerprint density at radius 3 is 3.05 bits per heavy atom. The van der Waals surface area contributed by atoms with Gasteiger partial charge in [0.25, 0.3) is 5.91 Å². The maximum atomic E-state index is 12.2. The van der Waals surface area contributed by atoms with Crippen LogP contribution in [0.1, 0.15) is 23.3 Å². The summed E-state index contributed by atoms with van der Waals surface area (Å²) in [5, 5.41) is 4.19. The molecule has 4 heteroatoms. The fourth-order valence-electron chi connectivity index (χ4n) is 2.74. The van der Waals surface area contributed by atoms with Crippen LogP contribution in [0, 0.1) is 0 Å². The van der Waals surface area contributed by atoms with Crippen molar-refractivity contribution in [3.8, 4) is 0 Å². The highest BCUT2D eigenvalue weighted by Gasteiger charge is 2.20. The van der Waals surface area contributed by atoms with Crippen molar-refractivity contribution in [3.63, 3.8) is 0 Å². The maximum absolute atomic E-state index is 12.2. The summed E-state index contributed by atoms with van der Waals surface area (Å²) in [7, 11) is 2.10. The molecule has 2 N–H and O–H groups in total. The number of nitrogens with zero attached hydrogens (tertiary/aromatic N) is 1. The van der Waals surface area contributed by atoms with E-state index in [0.29, 0.717) is 5.69 Å². The van der Waals surface area contributed by atoms with Gasteiger partial charge in [-0.3, -0.25) is 4.79 Å². The molecule has 1 amide bonds. The summed E-state index contributed by atoms with van der Waals surface area (Å²) in [5.41, 5.74) is 1.66. The van der Waals surface area contributed by atoms with Gasteiger partial charge in [-0.1, -0.05) is 18.2 Å². The Bertz CT molecular complexity index is 557. The topological polar surface area (TPSA) is 48.1 Å². The van der Waals surface area contributed by atoms with E-state index in [1.54, 1.807) is 0 Å². The molecule has 2 heterocycles. The summed E-state index contributed by atoms with van der Waals surface area (Å²) < 4.78 is 0. The number of aromatic amines is 1. The van der Waals surface area contributed by atoms with Crippen molar-refractivity contribution in [2.24, 2.45) is 0 Å². The number of H-pyrrole nitrogens is 1. The van der Waals surface area contributed by atoms with Gasteiger partial charge < -0.3 is 15.2 Å². The first-order valence-corrected chi connectivity index (χ1v) is 6.79. The van der Waals surface area contributed by atoms with Crippen molar-refractivity contribution < 1.29 is 4.79 Å². The molecule has 1 aliphatic heterocycles. The van der Waals surface area contributed by atoms with E-state index in [2.05, 4.69) is 22.2 Å². The molecule has 0 spiro atoms. The SMILES string of the molecule is CN1CCC[C@@H](NC(=O)c2cc3ccccc3[nH]2)C1. The number of likely N-dealkylation sites (tertiary alicyclic amines) is 1. The molecule has 1 fully saturated rings. The summed E-state index contributed by atoms with van der Waals surface area (Å²) in [6, 6.07) is 10.1. The number of benzene rings is 1. The number of carbonyl (C=O) groups is 1. The smallest absolute Gasteiger partial charge is 0.267 e. The van der Waals surface area contributed by atoms with Crippen molar-refractivity contribution in [2.75, 3.05) is 20.1 Å². The van der Waals surface area contributed by atoms with Gasteiger partial charge in [0, 0.05) is 23.5 Å². The lowest BCUT2D eigenvalue weighted by atomic mass is 10.1. The van der Waals surface area contributed by atoms with Gasteiger partial charge in [-0.2, -0.15) is 0 Å². The molecule has 1 aromatic carbocycles. The van der Waals surface area contributed by atoms with Gasteiger partial charge >= 0.3 is 0 Å². The van der Waals surface area contributed by atoms with Crippen LogP contribution in [0.2, 0.25) is 0 Å². The van der Waals surface area contributed by atoms with Crippen LogP contribution in [-0.4, -0.2) is 42.0 Å². The number of nitrogens with one attached hydrogen (secondary N) is 2. The molecule has 0 aliphatic carbocycles. The number of para-hydroxylation sites is 1. The minimum absolute atomic E-state index is 0.00324. The molecule has 100 valence electrons. The standard InChI is InChI=1S/C15H19N3O/c1-18-8-4-6-12(10-18)16-15(19)14-9-11-5-2-3-7-13(11)17-14/h2-3,5,7,9,12,17H,4,6,8,10H2,1H3,(H,16,19)/t12-/m1/s1. The molecule has 4 nitrogen and oxygen atoms in total. The molecule has 0 unspecified atom stereocenters. The van der Waals surface area contributed by atoms with E-state index in [1.165, 1.54) is 0 Å². The average Bonchev–Trinajstić information content (AvgIpc) is 2.82. The van der Waals surface area contributed by atoms with E-state index in [4.69, 9.17) is 0 Å². The zero-order chi connectivity index (χ0) is 13.2. The first kappa shape index (κ1) is 12.2. The summed E-state index contributed by atoms with van der Waals surface area (Å²) in [6.45, 7) is 2.06. The van der Waals surface area contributed by atoms with Gasteiger partial charge in [-0.25, -0.2) is 0 Å². The van der Waals surface area contributed by atoms with Crippen LogP contribution in [-0.2, 0) is 0 Å². The second kappa shape index (κ2) is 5.05. The van der Waals surface area contributed by atoms with Crippen LogP contribution in [0.15, 0.2) is 30.3 Å². The van der Waals surface area contributed by atoms with Crippen molar-refractivity contribution in [3.05, 3.63) is 36.0 Å². The van der Waals surface area contributed by atoms with E-state index in [-0.39, 0.29) is 11.9 Å². The highest BCUT2D eigenvalue weighted by atomic mass is 16.1. The Kier molecular flexibility index (Phi) is 3.25. The van der Waals surface area contributed by atoms with Crippen molar-refractivity contribution in [1.82, 2.24) is 15.2 Å². The second-order valence-electron chi connectivity index (χ2n) is 5.35. The Balaban J connectivity index is 1.72. The van der Waals surface area contributed by atoms with Crippen molar-refractivity contribution in [1.29, 1.82) is 0 Å². The third-order valence-corrected chi connectivity index (χ3v) is 3.73. The van der Waals surface area contributed by atoms with Gasteiger partial charge in [0.05, 0.1) is 0 Å². The average molecular weight is 257 g/mol. The minimum Gasteiger partial charge on any atom is -0.351 e. The number of carbonyl (C=O) groups excluding carboxylic acids is 1.